The van der Waals surface area contributed by atoms with Gasteiger partial charge in [0.2, 0.25) is 5.91 Å². The van der Waals surface area contributed by atoms with E-state index in [1.807, 2.05) is 91.9 Å². The second-order valence-corrected chi connectivity index (χ2v) is 14.5. The minimum absolute atomic E-state index is 0.223. The van der Waals surface area contributed by atoms with Crippen LogP contribution in [0.1, 0.15) is 77.8 Å². The van der Waals surface area contributed by atoms with Gasteiger partial charge in [0.25, 0.3) is 5.91 Å². The largest absolute Gasteiger partial charge is 0.453 e. The SMILES string of the molecule is COC(=O)NC(C(=O)N(C)[C@@H](C)c1ncc(-c2ccc(C#Cc3ccc(-c4cnc([C@@H]5CCCN5C(=O)[C@H](NC(=O)OC)c5ccccc5)[nH]4)cc3)cc2)[nH]1)c1ccccc1. The number of likely N-dealkylation sites (N-methyl/N-ethyl adjacent to an activating group) is 1. The molecule has 4 amide bonds. The highest BCUT2D eigenvalue weighted by atomic mass is 16.5. The number of ether oxygens (including phenoxy) is 2. The van der Waals surface area contributed by atoms with Crippen molar-refractivity contribution in [3.8, 4) is 34.4 Å². The fraction of sp³-hybridized carbons (Fsp3) is 0.234. The van der Waals surface area contributed by atoms with Crippen LogP contribution in [0.5, 0.6) is 0 Å². The number of alkyl carbamates (subject to hydrolysis) is 2. The van der Waals surface area contributed by atoms with Crippen LogP contribution in [0.15, 0.2) is 122 Å². The number of carbonyl (C=O) groups is 4. The zero-order valence-corrected chi connectivity index (χ0v) is 34.2. The van der Waals surface area contributed by atoms with Crippen molar-refractivity contribution in [3.05, 3.63) is 155 Å². The van der Waals surface area contributed by atoms with Crippen LogP contribution in [0.3, 0.4) is 0 Å². The Morgan fingerprint density at radius 1 is 0.721 bits per heavy atom. The summed E-state index contributed by atoms with van der Waals surface area (Å²) in [5.41, 5.74) is 6.41. The zero-order chi connectivity index (χ0) is 42.9. The van der Waals surface area contributed by atoms with Gasteiger partial charge in [-0.15, -0.1) is 0 Å². The van der Waals surface area contributed by atoms with Gasteiger partial charge in [0.1, 0.15) is 23.7 Å². The van der Waals surface area contributed by atoms with E-state index in [2.05, 4.69) is 42.4 Å². The highest BCUT2D eigenvalue weighted by molar-refractivity contribution is 5.88. The lowest BCUT2D eigenvalue weighted by atomic mass is 10.1. The van der Waals surface area contributed by atoms with Crippen molar-refractivity contribution >= 4 is 24.0 Å². The van der Waals surface area contributed by atoms with E-state index in [1.54, 1.807) is 53.5 Å². The van der Waals surface area contributed by atoms with Crippen molar-refractivity contribution in [2.24, 2.45) is 0 Å². The molecule has 2 aromatic heterocycles. The minimum atomic E-state index is -0.931. The van der Waals surface area contributed by atoms with Crippen LogP contribution in [-0.2, 0) is 19.1 Å². The molecule has 4 aromatic carbocycles. The number of nitrogens with one attached hydrogen (secondary N) is 4. The molecule has 1 saturated heterocycles. The summed E-state index contributed by atoms with van der Waals surface area (Å²) in [5, 5.41) is 5.34. The van der Waals surface area contributed by atoms with Gasteiger partial charge in [0.05, 0.1) is 50.1 Å². The monoisotopic (exact) mass is 818 g/mol. The number of aromatic amines is 2. The van der Waals surface area contributed by atoms with Crippen molar-refractivity contribution in [2.75, 3.05) is 27.8 Å². The summed E-state index contributed by atoms with van der Waals surface area (Å²) in [6.45, 7) is 2.41. The topological polar surface area (TPSA) is 175 Å². The molecule has 0 aliphatic carbocycles. The standard InChI is InChI=1S/C47H46N8O6/c1-30(54(2)44(56)40(52-46(58)60-3)35-12-7-5-8-13-35)42-48-28-37(50-42)33-23-19-31(20-24-33)17-18-32-21-25-34(26-22-32)38-29-49-43(51-38)39-16-11-27-55(39)45(57)41(53-47(59)61-4)36-14-9-6-10-15-36/h5-10,12-15,19-26,28-30,39-41H,11,16,27H2,1-4H3,(H,48,50)(H,49,51)(H,52,58)(H,53,59)/t30-,39-,40?,41+/m0/s1. The van der Waals surface area contributed by atoms with Gasteiger partial charge in [-0.3, -0.25) is 9.59 Å². The fourth-order valence-corrected chi connectivity index (χ4v) is 7.24. The number of amides is 4. The Bertz CT molecular complexity index is 2530. The Balaban J connectivity index is 0.975. The first-order chi connectivity index (χ1) is 29.6. The van der Waals surface area contributed by atoms with Gasteiger partial charge in [0.15, 0.2) is 0 Å². The third kappa shape index (κ3) is 9.63. The maximum absolute atomic E-state index is 13.9. The molecule has 14 heteroatoms. The quantitative estimate of drug-likeness (QED) is 0.0990. The lowest BCUT2D eigenvalue weighted by molar-refractivity contribution is -0.135. The molecule has 4 atom stereocenters. The predicted molar refractivity (Wildman–Crippen MR) is 228 cm³/mol. The number of methoxy groups -OCH3 is 2. The van der Waals surface area contributed by atoms with Crippen LogP contribution >= 0.6 is 0 Å². The van der Waals surface area contributed by atoms with Crippen LogP contribution in [0, 0.1) is 11.8 Å². The molecular formula is C47H46N8O6. The van der Waals surface area contributed by atoms with E-state index in [9.17, 15) is 19.2 Å². The van der Waals surface area contributed by atoms with E-state index in [1.165, 1.54) is 14.2 Å². The summed E-state index contributed by atoms with van der Waals surface area (Å²) in [5.74, 6) is 7.20. The van der Waals surface area contributed by atoms with Crippen molar-refractivity contribution in [1.29, 1.82) is 0 Å². The molecule has 1 fully saturated rings. The highest BCUT2D eigenvalue weighted by Gasteiger charge is 2.37. The molecule has 0 bridgehead atoms. The third-order valence-electron chi connectivity index (χ3n) is 10.8. The summed E-state index contributed by atoms with van der Waals surface area (Å²) in [6.07, 6.45) is 3.67. The Labute approximate surface area is 353 Å². The second kappa shape index (κ2) is 18.9. The van der Waals surface area contributed by atoms with Gasteiger partial charge >= 0.3 is 12.2 Å². The Kier molecular flexibility index (Phi) is 12.9. The Morgan fingerprint density at radius 2 is 1.23 bits per heavy atom. The maximum Gasteiger partial charge on any atom is 0.407 e. The molecule has 1 aliphatic heterocycles. The number of benzene rings is 4. The molecule has 0 spiro atoms. The van der Waals surface area contributed by atoms with Gasteiger partial charge in [-0.2, -0.15) is 0 Å². The van der Waals surface area contributed by atoms with E-state index >= 15 is 0 Å². The normalized spacial score (nSPS) is 14.8. The number of H-pyrrole nitrogens is 2. The minimum Gasteiger partial charge on any atom is -0.453 e. The molecule has 1 unspecified atom stereocenters. The molecule has 1 aliphatic rings. The number of likely N-dealkylation sites (tertiary alicyclic amines) is 1. The summed E-state index contributed by atoms with van der Waals surface area (Å²) in [4.78, 5) is 71.1. The lowest BCUT2D eigenvalue weighted by Gasteiger charge is -2.28. The van der Waals surface area contributed by atoms with Gasteiger partial charge < -0.3 is 39.9 Å². The second-order valence-electron chi connectivity index (χ2n) is 14.5. The summed E-state index contributed by atoms with van der Waals surface area (Å²) >= 11 is 0. The van der Waals surface area contributed by atoms with E-state index in [4.69, 9.17) is 9.47 Å². The zero-order valence-electron chi connectivity index (χ0n) is 34.2. The number of imidazole rings is 2. The number of rotatable bonds is 11. The number of hydrogen-bond acceptors (Lipinski definition) is 8. The number of carbonyl (C=O) groups excluding carboxylic acids is 4. The summed E-state index contributed by atoms with van der Waals surface area (Å²) in [7, 11) is 4.20. The van der Waals surface area contributed by atoms with Crippen molar-refractivity contribution < 1.29 is 28.7 Å². The lowest BCUT2D eigenvalue weighted by Crippen LogP contribution is -2.42. The summed E-state index contributed by atoms with van der Waals surface area (Å²) in [6, 6.07) is 31.3. The first-order valence-corrected chi connectivity index (χ1v) is 19.8. The number of aromatic nitrogens is 4. The molecular weight excluding hydrogens is 773 g/mol. The van der Waals surface area contributed by atoms with E-state index in [-0.39, 0.29) is 17.9 Å². The summed E-state index contributed by atoms with van der Waals surface area (Å²) < 4.78 is 9.59. The smallest absolute Gasteiger partial charge is 0.407 e. The predicted octanol–water partition coefficient (Wildman–Crippen LogP) is 7.24. The third-order valence-corrected chi connectivity index (χ3v) is 10.8. The fourth-order valence-electron chi connectivity index (χ4n) is 7.24. The molecule has 61 heavy (non-hydrogen) atoms. The van der Waals surface area contributed by atoms with E-state index in [0.29, 0.717) is 29.3 Å². The average molecular weight is 819 g/mol. The Hall–Kier alpha value is -7.66. The molecule has 0 saturated carbocycles. The van der Waals surface area contributed by atoms with Gasteiger partial charge in [-0.25, -0.2) is 19.6 Å². The van der Waals surface area contributed by atoms with E-state index in [0.717, 1.165) is 46.5 Å². The molecule has 310 valence electrons. The Morgan fingerprint density at radius 3 is 1.79 bits per heavy atom. The van der Waals surface area contributed by atoms with Gasteiger partial charge in [0, 0.05) is 24.7 Å². The average Bonchev–Trinajstić information content (AvgIpc) is 4.12. The van der Waals surface area contributed by atoms with Crippen molar-refractivity contribution in [3.63, 3.8) is 0 Å². The molecule has 14 nitrogen and oxygen atoms in total. The maximum atomic E-state index is 13.9. The van der Waals surface area contributed by atoms with Gasteiger partial charge in [-0.05, 0) is 66.3 Å². The van der Waals surface area contributed by atoms with E-state index < -0.39 is 30.3 Å². The molecule has 7 rings (SSSR count). The van der Waals surface area contributed by atoms with Crippen molar-refractivity contribution in [1.82, 2.24) is 40.4 Å². The highest BCUT2D eigenvalue weighted by Crippen LogP contribution is 2.34. The molecule has 4 N–H and O–H groups in total. The number of nitrogens with zero attached hydrogens (tertiary/aromatic N) is 4. The first-order valence-electron chi connectivity index (χ1n) is 19.8. The van der Waals surface area contributed by atoms with Crippen LogP contribution in [0.25, 0.3) is 22.5 Å². The van der Waals surface area contributed by atoms with Crippen LogP contribution in [0.2, 0.25) is 0 Å². The first kappa shape index (κ1) is 41.5. The molecule has 6 aromatic rings. The number of hydrogen-bond donors (Lipinski definition) is 4. The molecule has 3 heterocycles. The van der Waals surface area contributed by atoms with Crippen LogP contribution in [-0.4, -0.2) is 81.5 Å². The van der Waals surface area contributed by atoms with Crippen molar-refractivity contribution in [2.45, 2.75) is 43.9 Å². The van der Waals surface area contributed by atoms with Crippen LogP contribution < -0.4 is 10.6 Å². The van der Waals surface area contributed by atoms with Gasteiger partial charge in [-0.1, -0.05) is 96.8 Å². The van der Waals surface area contributed by atoms with Crippen LogP contribution in [0.4, 0.5) is 9.59 Å². The molecule has 0 radical (unpaired) electrons.